The van der Waals surface area contributed by atoms with Gasteiger partial charge in [0.25, 0.3) is 11.8 Å². The zero-order valence-electron chi connectivity index (χ0n) is 16.9. The molecule has 156 valence electrons. The van der Waals surface area contributed by atoms with Crippen molar-refractivity contribution in [2.24, 2.45) is 10.2 Å². The average Bonchev–Trinajstić information content (AvgIpc) is 3.02. The second-order valence-electron chi connectivity index (χ2n) is 7.14. The van der Waals surface area contributed by atoms with E-state index in [0.717, 1.165) is 32.1 Å². The quantitative estimate of drug-likeness (QED) is 0.379. The summed E-state index contributed by atoms with van der Waals surface area (Å²) in [7, 11) is 0. The molecule has 0 aliphatic heterocycles. The Bertz CT molecular complexity index is 1030. The molecule has 2 amide bonds. The lowest BCUT2D eigenvalue weighted by molar-refractivity contribution is -0.118. The SMILES string of the molecule is CCCCCCCC(=O)N=NC(=O)c1ccc(-n2c(O)c3ccccc3c2O)cc1. The molecule has 2 aromatic carbocycles. The van der Waals surface area contributed by atoms with E-state index in [1.165, 1.54) is 16.7 Å². The Morgan fingerprint density at radius 3 is 2.03 bits per heavy atom. The highest BCUT2D eigenvalue weighted by Gasteiger charge is 2.17. The number of hydrogen-bond donors (Lipinski definition) is 2. The maximum Gasteiger partial charge on any atom is 0.295 e. The zero-order chi connectivity index (χ0) is 21.5. The average molecular weight is 407 g/mol. The minimum absolute atomic E-state index is 0.0913. The lowest BCUT2D eigenvalue weighted by Gasteiger charge is -2.07. The number of azo groups is 1. The Labute approximate surface area is 174 Å². The molecule has 1 heterocycles. The second kappa shape index (κ2) is 9.82. The molecule has 1 aromatic heterocycles. The number of benzene rings is 2. The van der Waals surface area contributed by atoms with Gasteiger partial charge in [0.05, 0.1) is 5.69 Å². The molecule has 7 nitrogen and oxygen atoms in total. The molecule has 0 aliphatic rings. The lowest BCUT2D eigenvalue weighted by Crippen LogP contribution is -1.99. The summed E-state index contributed by atoms with van der Waals surface area (Å²) in [6, 6.07) is 13.1. The van der Waals surface area contributed by atoms with Crippen LogP contribution in [0.3, 0.4) is 0 Å². The Morgan fingerprint density at radius 2 is 1.43 bits per heavy atom. The smallest absolute Gasteiger partial charge is 0.295 e. The minimum Gasteiger partial charge on any atom is -0.494 e. The van der Waals surface area contributed by atoms with Crippen molar-refractivity contribution in [3.8, 4) is 17.4 Å². The van der Waals surface area contributed by atoms with Gasteiger partial charge in [0.2, 0.25) is 11.8 Å². The number of unbranched alkanes of at least 4 members (excludes halogenated alkanes) is 4. The number of carbonyl (C=O) groups excluding carboxylic acids is 2. The fourth-order valence-electron chi connectivity index (χ4n) is 3.30. The van der Waals surface area contributed by atoms with Gasteiger partial charge in [-0.3, -0.25) is 14.2 Å². The van der Waals surface area contributed by atoms with Crippen molar-refractivity contribution in [1.29, 1.82) is 0 Å². The summed E-state index contributed by atoms with van der Waals surface area (Å²) in [5.74, 6) is -1.20. The van der Waals surface area contributed by atoms with Crippen LogP contribution < -0.4 is 0 Å². The summed E-state index contributed by atoms with van der Waals surface area (Å²) in [6.45, 7) is 2.13. The number of amides is 2. The van der Waals surface area contributed by atoms with Crippen LogP contribution in [0.15, 0.2) is 58.8 Å². The van der Waals surface area contributed by atoms with Crippen LogP contribution >= 0.6 is 0 Å². The molecule has 0 bridgehead atoms. The van der Waals surface area contributed by atoms with Crippen molar-refractivity contribution in [3.05, 3.63) is 54.1 Å². The van der Waals surface area contributed by atoms with E-state index in [2.05, 4.69) is 17.2 Å². The summed E-state index contributed by atoms with van der Waals surface area (Å²) < 4.78 is 1.29. The highest BCUT2D eigenvalue weighted by atomic mass is 16.3. The molecule has 0 fully saturated rings. The van der Waals surface area contributed by atoms with Crippen LogP contribution in [-0.2, 0) is 4.79 Å². The fourth-order valence-corrected chi connectivity index (χ4v) is 3.30. The van der Waals surface area contributed by atoms with E-state index in [1.807, 2.05) is 0 Å². The standard InChI is InChI=1S/C23H25N3O4/c1-2-3-4-5-6-11-20(27)24-25-21(28)16-12-14-17(15-13-16)26-22(29)18-9-7-8-10-19(18)23(26)30/h7-10,12-15,29-30H,2-6,11H2,1H3. The first kappa shape index (κ1) is 21.2. The highest BCUT2D eigenvalue weighted by molar-refractivity contribution is 5.96. The molecule has 7 heteroatoms. The third kappa shape index (κ3) is 4.74. The van der Waals surface area contributed by atoms with Crippen LogP contribution in [0.1, 0.15) is 55.8 Å². The van der Waals surface area contributed by atoms with Crippen LogP contribution in [0, 0.1) is 0 Å². The van der Waals surface area contributed by atoms with E-state index >= 15 is 0 Å². The Morgan fingerprint density at radius 1 is 0.833 bits per heavy atom. The third-order valence-electron chi connectivity index (χ3n) is 4.95. The molecule has 0 saturated carbocycles. The molecule has 3 rings (SSSR count). The van der Waals surface area contributed by atoms with Gasteiger partial charge in [-0.15, -0.1) is 10.2 Å². The second-order valence-corrected chi connectivity index (χ2v) is 7.14. The van der Waals surface area contributed by atoms with Crippen LogP contribution in [0.2, 0.25) is 0 Å². The molecule has 0 radical (unpaired) electrons. The minimum atomic E-state index is -0.619. The molecule has 0 atom stereocenters. The molecule has 30 heavy (non-hydrogen) atoms. The van der Waals surface area contributed by atoms with Gasteiger partial charge >= 0.3 is 0 Å². The third-order valence-corrected chi connectivity index (χ3v) is 4.95. The molecule has 3 aromatic rings. The molecule has 0 saturated heterocycles. The normalized spacial score (nSPS) is 11.4. The lowest BCUT2D eigenvalue weighted by atomic mass is 10.1. The molecule has 0 spiro atoms. The first-order chi connectivity index (χ1) is 14.5. The van der Waals surface area contributed by atoms with E-state index in [4.69, 9.17) is 0 Å². The van der Waals surface area contributed by atoms with Crippen LogP contribution in [0.25, 0.3) is 16.5 Å². The van der Waals surface area contributed by atoms with E-state index in [0.29, 0.717) is 22.9 Å². The zero-order valence-corrected chi connectivity index (χ0v) is 16.9. The topological polar surface area (TPSA) is 104 Å². The van der Waals surface area contributed by atoms with Crippen molar-refractivity contribution < 1.29 is 19.8 Å². The molecular weight excluding hydrogens is 382 g/mol. The van der Waals surface area contributed by atoms with Crippen molar-refractivity contribution in [1.82, 2.24) is 4.57 Å². The van der Waals surface area contributed by atoms with Gasteiger partial charge in [-0.1, -0.05) is 44.7 Å². The van der Waals surface area contributed by atoms with Gasteiger partial charge in [-0.25, -0.2) is 0 Å². The first-order valence-electron chi connectivity index (χ1n) is 10.1. The summed E-state index contributed by atoms with van der Waals surface area (Å²) in [6.07, 6.45) is 5.39. The Kier molecular flexibility index (Phi) is 6.95. The number of aromatic nitrogens is 1. The predicted octanol–water partition coefficient (Wildman–Crippen LogP) is 5.52. The fraction of sp³-hybridized carbons (Fsp3) is 0.304. The van der Waals surface area contributed by atoms with Gasteiger partial charge < -0.3 is 10.2 Å². The van der Waals surface area contributed by atoms with E-state index < -0.39 is 11.8 Å². The van der Waals surface area contributed by atoms with Crippen LogP contribution in [0.5, 0.6) is 11.8 Å². The number of hydrogen-bond acceptors (Lipinski definition) is 4. The van der Waals surface area contributed by atoms with Crippen molar-refractivity contribution >= 4 is 22.6 Å². The van der Waals surface area contributed by atoms with Crippen LogP contribution in [-0.4, -0.2) is 26.6 Å². The van der Waals surface area contributed by atoms with Gasteiger partial charge in [0.1, 0.15) is 0 Å². The summed E-state index contributed by atoms with van der Waals surface area (Å²) in [5.41, 5.74) is 0.742. The van der Waals surface area contributed by atoms with Gasteiger partial charge in [0.15, 0.2) is 0 Å². The summed E-state index contributed by atoms with van der Waals surface area (Å²) in [4.78, 5) is 23.9. The summed E-state index contributed by atoms with van der Waals surface area (Å²) in [5, 5.41) is 28.9. The Balaban J connectivity index is 1.66. The van der Waals surface area contributed by atoms with Gasteiger partial charge in [-0.2, -0.15) is 0 Å². The maximum atomic E-state index is 12.2. The van der Waals surface area contributed by atoms with Crippen molar-refractivity contribution in [2.75, 3.05) is 0 Å². The Hall–Kier alpha value is -3.48. The van der Waals surface area contributed by atoms with Crippen molar-refractivity contribution in [3.63, 3.8) is 0 Å². The van der Waals surface area contributed by atoms with E-state index in [-0.39, 0.29) is 17.3 Å². The monoisotopic (exact) mass is 407 g/mol. The summed E-state index contributed by atoms with van der Waals surface area (Å²) >= 11 is 0. The van der Waals surface area contributed by atoms with Gasteiger partial charge in [0, 0.05) is 22.8 Å². The number of nitrogens with zero attached hydrogens (tertiary/aromatic N) is 3. The van der Waals surface area contributed by atoms with Crippen LogP contribution in [0.4, 0.5) is 0 Å². The molecule has 0 aliphatic carbocycles. The number of fused-ring (bicyclic) bond motifs is 1. The van der Waals surface area contributed by atoms with Crippen molar-refractivity contribution in [2.45, 2.75) is 45.4 Å². The highest BCUT2D eigenvalue weighted by Crippen LogP contribution is 2.38. The number of aromatic hydroxyl groups is 2. The van der Waals surface area contributed by atoms with E-state index in [9.17, 15) is 19.8 Å². The first-order valence-corrected chi connectivity index (χ1v) is 10.1. The van der Waals surface area contributed by atoms with E-state index in [1.54, 1.807) is 36.4 Å². The molecule has 2 N–H and O–H groups in total. The predicted molar refractivity (Wildman–Crippen MR) is 114 cm³/mol. The number of rotatable bonds is 8. The molecular formula is C23H25N3O4. The maximum absolute atomic E-state index is 12.2. The molecule has 0 unspecified atom stereocenters. The van der Waals surface area contributed by atoms with Gasteiger partial charge in [-0.05, 0) is 42.8 Å². The largest absolute Gasteiger partial charge is 0.494 e. The number of carbonyl (C=O) groups is 2.